The Morgan fingerprint density at radius 2 is 1.73 bits per heavy atom. The normalized spacial score (nSPS) is 14.8. The predicted octanol–water partition coefficient (Wildman–Crippen LogP) is 2.36. The van der Waals surface area contributed by atoms with Gasteiger partial charge < -0.3 is 4.74 Å². The first-order valence-corrected chi connectivity index (χ1v) is 8.57. The molecule has 1 aliphatic heterocycles. The van der Waals surface area contributed by atoms with Gasteiger partial charge in [0.05, 0.1) is 19.2 Å². The van der Waals surface area contributed by atoms with Gasteiger partial charge in [-0.25, -0.2) is 0 Å². The molecule has 8 heteroatoms. The monoisotopic (exact) mass is 350 g/mol. The number of benzene rings is 1. The first-order valence-electron chi connectivity index (χ1n) is 6.83. The molecule has 0 bridgehead atoms. The van der Waals surface area contributed by atoms with Crippen LogP contribution in [0.3, 0.4) is 0 Å². The lowest BCUT2D eigenvalue weighted by Gasteiger charge is -2.13. The van der Waals surface area contributed by atoms with Gasteiger partial charge in [0.15, 0.2) is 0 Å². The van der Waals surface area contributed by atoms with Crippen molar-refractivity contribution in [1.29, 1.82) is 0 Å². The molecule has 0 amide bonds. The van der Waals surface area contributed by atoms with E-state index in [-0.39, 0.29) is 0 Å². The molecular formula is C14H21ClNO5S+. The van der Waals surface area contributed by atoms with Crippen LogP contribution in [0.15, 0.2) is 24.3 Å². The fourth-order valence-electron chi connectivity index (χ4n) is 2.14. The number of rotatable bonds is 2. The quantitative estimate of drug-likeness (QED) is 0.503. The largest absolute Gasteiger partial charge is 0.448 e. The van der Waals surface area contributed by atoms with Gasteiger partial charge in [-0.3, -0.25) is 8.74 Å². The zero-order valence-electron chi connectivity index (χ0n) is 12.7. The average Bonchev–Trinajstić information content (AvgIpc) is 2.51. The lowest BCUT2D eigenvalue weighted by Crippen LogP contribution is -2.29. The number of methoxy groups -OCH3 is 1. The smallest absolute Gasteiger partial charge is 0.397 e. The second-order valence-electron chi connectivity index (χ2n) is 4.63. The van der Waals surface area contributed by atoms with Crippen LogP contribution in [0, 0.1) is 0 Å². The molecule has 1 heterocycles. The summed E-state index contributed by atoms with van der Waals surface area (Å²) in [4.78, 5) is 0. The highest BCUT2D eigenvalue weighted by atomic mass is 35.5. The molecule has 0 aromatic heterocycles. The molecule has 124 valence electrons. The third-order valence-corrected chi connectivity index (χ3v) is 3.90. The highest BCUT2D eigenvalue weighted by Gasteiger charge is 2.22. The van der Waals surface area contributed by atoms with E-state index in [0.29, 0.717) is 0 Å². The van der Waals surface area contributed by atoms with Gasteiger partial charge in [-0.15, -0.1) is 0 Å². The van der Waals surface area contributed by atoms with E-state index in [1.807, 2.05) is 24.3 Å². The third-order valence-electron chi connectivity index (χ3n) is 3.15. The zero-order valence-corrected chi connectivity index (χ0v) is 14.2. The number of ether oxygens (including phenoxy) is 1. The van der Waals surface area contributed by atoms with E-state index in [0.717, 1.165) is 36.7 Å². The molecule has 1 aromatic rings. The predicted molar refractivity (Wildman–Crippen MR) is 85.0 cm³/mol. The molecule has 0 spiro atoms. The number of nitrogens with zero attached hydrogens (tertiary/aromatic N) is 1. The van der Waals surface area contributed by atoms with E-state index < -0.39 is 10.4 Å². The summed E-state index contributed by atoms with van der Waals surface area (Å²) in [5.74, 6) is 0.908. The summed E-state index contributed by atoms with van der Waals surface area (Å²) in [5, 5.41) is 0.755. The lowest BCUT2D eigenvalue weighted by molar-refractivity contribution is -0.544. The van der Waals surface area contributed by atoms with Crippen molar-refractivity contribution in [2.75, 3.05) is 27.3 Å². The molecule has 2 rings (SSSR count). The highest BCUT2D eigenvalue weighted by Crippen LogP contribution is 2.17. The van der Waals surface area contributed by atoms with Crippen molar-refractivity contribution >= 4 is 27.9 Å². The molecule has 6 nitrogen and oxygen atoms in total. The molecular weight excluding hydrogens is 330 g/mol. The van der Waals surface area contributed by atoms with E-state index in [9.17, 15) is 8.42 Å². The van der Waals surface area contributed by atoms with E-state index in [2.05, 4.69) is 8.76 Å². The Balaban J connectivity index is 0.000000346. The highest BCUT2D eigenvalue weighted by molar-refractivity contribution is 7.80. The van der Waals surface area contributed by atoms with Gasteiger partial charge in [0.25, 0.3) is 0 Å². The topological polar surface area (TPSA) is 75.8 Å². The molecule has 1 fully saturated rings. The summed E-state index contributed by atoms with van der Waals surface area (Å²) < 4.78 is 37.5. The minimum absolute atomic E-state index is 0.755. The number of hydrogen-bond acceptors (Lipinski definition) is 4. The number of hydrogen-bond donors (Lipinski definition) is 1. The van der Waals surface area contributed by atoms with E-state index >= 15 is 0 Å². The lowest BCUT2D eigenvalue weighted by atomic mass is 10.1. The molecule has 22 heavy (non-hydrogen) atoms. The first-order chi connectivity index (χ1) is 10.4. The first kappa shape index (κ1) is 18.9. The third kappa shape index (κ3) is 6.31. The summed E-state index contributed by atoms with van der Waals surface area (Å²) in [6.45, 7) is 2.13. The maximum Gasteiger partial charge on any atom is 0.397 e. The summed E-state index contributed by atoms with van der Waals surface area (Å²) in [7, 11) is -1.58. The Labute approximate surface area is 136 Å². The van der Waals surface area contributed by atoms with Crippen molar-refractivity contribution in [3.8, 4) is 0 Å². The molecule has 0 unspecified atom stereocenters. The molecule has 1 saturated heterocycles. The van der Waals surface area contributed by atoms with Gasteiger partial charge in [0.2, 0.25) is 0 Å². The van der Waals surface area contributed by atoms with E-state index in [1.54, 1.807) is 7.11 Å². The van der Waals surface area contributed by atoms with Crippen molar-refractivity contribution in [1.82, 2.24) is 0 Å². The summed E-state index contributed by atoms with van der Waals surface area (Å²) in [6.07, 6.45) is 3.78. The minimum atomic E-state index is -4.16. The van der Waals surface area contributed by atoms with Gasteiger partial charge in [-0.2, -0.15) is 13.0 Å². The van der Waals surface area contributed by atoms with Crippen LogP contribution >= 0.6 is 11.6 Å². The SMILES string of the molecule is COC(c1ccccc1Cl)=[N+]1CCCCC1.COS(=O)(=O)O. The van der Waals surface area contributed by atoms with Crippen molar-refractivity contribution in [2.45, 2.75) is 19.3 Å². The Hall–Kier alpha value is -1.15. The molecule has 0 radical (unpaired) electrons. The van der Waals surface area contributed by atoms with Crippen LogP contribution in [0.5, 0.6) is 0 Å². The maximum atomic E-state index is 9.33. The van der Waals surface area contributed by atoms with Crippen LogP contribution in [0.4, 0.5) is 0 Å². The summed E-state index contributed by atoms with van der Waals surface area (Å²) >= 11 is 6.19. The molecule has 1 N–H and O–H groups in total. The second-order valence-corrected chi connectivity index (χ2v) is 6.23. The van der Waals surface area contributed by atoms with Gasteiger partial charge >= 0.3 is 16.3 Å². The van der Waals surface area contributed by atoms with E-state index in [4.69, 9.17) is 20.9 Å². The van der Waals surface area contributed by atoms with Crippen LogP contribution in [-0.4, -0.2) is 50.8 Å². The number of halogens is 1. The minimum Gasteiger partial charge on any atom is -0.448 e. The average molecular weight is 351 g/mol. The molecule has 0 atom stereocenters. The Kier molecular flexibility index (Phi) is 7.81. The van der Waals surface area contributed by atoms with Crippen LogP contribution in [0.2, 0.25) is 5.02 Å². The fourth-order valence-corrected chi connectivity index (χ4v) is 2.36. The molecule has 0 saturated carbocycles. The standard InChI is InChI=1S/C13H17ClNO.CH4O4S/c1-16-13(15-9-5-2-6-10-15)11-7-3-4-8-12(11)14;1-5-6(2,3)4/h3-4,7-8H,2,5-6,9-10H2,1H3;1H3,(H,2,3,4)/q+1;. The van der Waals surface area contributed by atoms with Crippen molar-refractivity contribution in [3.05, 3.63) is 34.9 Å². The van der Waals surface area contributed by atoms with Crippen LogP contribution in [-0.2, 0) is 19.3 Å². The van der Waals surface area contributed by atoms with Crippen molar-refractivity contribution in [2.24, 2.45) is 0 Å². The second kappa shape index (κ2) is 9.09. The van der Waals surface area contributed by atoms with Gasteiger partial charge in [-0.05, 0) is 18.6 Å². The van der Waals surface area contributed by atoms with Crippen LogP contribution < -0.4 is 0 Å². The van der Waals surface area contributed by atoms with Crippen molar-refractivity contribution in [3.63, 3.8) is 0 Å². The molecule has 0 aliphatic carbocycles. The van der Waals surface area contributed by atoms with Gasteiger partial charge in [0, 0.05) is 12.8 Å². The zero-order chi connectivity index (χ0) is 16.6. The summed E-state index contributed by atoms with van der Waals surface area (Å²) in [5.41, 5.74) is 0.994. The van der Waals surface area contributed by atoms with Crippen LogP contribution in [0.25, 0.3) is 0 Å². The molecule has 1 aliphatic rings. The van der Waals surface area contributed by atoms with Crippen LogP contribution in [0.1, 0.15) is 24.8 Å². The van der Waals surface area contributed by atoms with Gasteiger partial charge in [0.1, 0.15) is 18.7 Å². The maximum absolute atomic E-state index is 9.33. The van der Waals surface area contributed by atoms with E-state index in [1.165, 1.54) is 19.3 Å². The van der Waals surface area contributed by atoms with Gasteiger partial charge in [-0.1, -0.05) is 23.7 Å². The summed E-state index contributed by atoms with van der Waals surface area (Å²) in [6, 6.07) is 7.84. The Morgan fingerprint density at radius 3 is 2.18 bits per heavy atom. The van der Waals surface area contributed by atoms with Crippen molar-refractivity contribution < 1.29 is 26.5 Å². The fraction of sp³-hybridized carbons (Fsp3) is 0.500. The Morgan fingerprint density at radius 1 is 1.18 bits per heavy atom. The Bertz CT molecular complexity index is 607. The molecule has 1 aromatic carbocycles. The number of piperidine rings is 1.